The molecule has 0 aromatic heterocycles. The van der Waals surface area contributed by atoms with Crippen molar-refractivity contribution < 1.29 is 18.0 Å². The second kappa shape index (κ2) is 10.0. The van der Waals surface area contributed by atoms with Crippen LogP contribution in [0.1, 0.15) is 48.0 Å². The summed E-state index contributed by atoms with van der Waals surface area (Å²) in [7, 11) is -3.98. The van der Waals surface area contributed by atoms with E-state index < -0.39 is 16.1 Å². The number of rotatable bonds is 6. The lowest BCUT2D eigenvalue weighted by atomic mass is 9.96. The number of fused-ring (bicyclic) bond motifs is 1. The van der Waals surface area contributed by atoms with Gasteiger partial charge in [-0.15, -0.1) is 0 Å². The van der Waals surface area contributed by atoms with Gasteiger partial charge < -0.3 is 15.5 Å². The molecule has 3 amide bonds. The molecule has 3 N–H and O–H groups in total. The molecule has 2 aromatic carbocycles. The van der Waals surface area contributed by atoms with E-state index in [4.69, 9.17) is 11.6 Å². The summed E-state index contributed by atoms with van der Waals surface area (Å²) in [6.07, 6.45) is 5.52. The predicted molar refractivity (Wildman–Crippen MR) is 127 cm³/mol. The summed E-state index contributed by atoms with van der Waals surface area (Å²) >= 11 is 6.02. The molecule has 0 saturated heterocycles. The van der Waals surface area contributed by atoms with E-state index in [1.165, 1.54) is 6.07 Å². The van der Waals surface area contributed by atoms with Crippen LogP contribution in [0.4, 0.5) is 10.5 Å². The third-order valence-corrected chi connectivity index (χ3v) is 7.58. The van der Waals surface area contributed by atoms with Gasteiger partial charge in [-0.3, -0.25) is 4.79 Å². The van der Waals surface area contributed by atoms with Gasteiger partial charge in [0.1, 0.15) is 0 Å². The van der Waals surface area contributed by atoms with Gasteiger partial charge >= 0.3 is 6.03 Å². The molecule has 10 heteroatoms. The van der Waals surface area contributed by atoms with E-state index in [-0.39, 0.29) is 16.8 Å². The third-order valence-electron chi connectivity index (χ3n) is 6.02. The highest BCUT2D eigenvalue weighted by Crippen LogP contribution is 2.27. The molecule has 1 fully saturated rings. The molecule has 2 aromatic rings. The minimum atomic E-state index is -3.98. The van der Waals surface area contributed by atoms with Crippen LogP contribution in [0.3, 0.4) is 0 Å². The molecule has 1 aliphatic heterocycles. The number of halogens is 1. The second-order valence-electron chi connectivity index (χ2n) is 8.40. The van der Waals surface area contributed by atoms with Gasteiger partial charge in [0.05, 0.1) is 22.8 Å². The Morgan fingerprint density at radius 3 is 2.70 bits per heavy atom. The van der Waals surface area contributed by atoms with Crippen LogP contribution in [0.15, 0.2) is 47.4 Å². The Balaban J connectivity index is 1.40. The second-order valence-corrected chi connectivity index (χ2v) is 10.5. The van der Waals surface area contributed by atoms with Crippen molar-refractivity contribution in [1.82, 2.24) is 15.4 Å². The average Bonchev–Trinajstić information content (AvgIpc) is 2.79. The Kier molecular flexibility index (Phi) is 7.09. The molecule has 0 radical (unpaired) electrons. The minimum Gasteiger partial charge on any atom is -0.353 e. The molecule has 1 heterocycles. The van der Waals surface area contributed by atoms with Crippen molar-refractivity contribution in [1.29, 1.82) is 0 Å². The van der Waals surface area contributed by atoms with Crippen LogP contribution >= 0.6 is 11.6 Å². The van der Waals surface area contributed by atoms with E-state index in [9.17, 15) is 18.0 Å². The van der Waals surface area contributed by atoms with E-state index >= 15 is 0 Å². The molecule has 0 bridgehead atoms. The zero-order valence-electron chi connectivity index (χ0n) is 18.1. The molecular weight excluding hydrogens is 464 g/mol. The normalized spacial score (nSPS) is 16.6. The van der Waals surface area contributed by atoms with E-state index in [2.05, 4.69) is 15.4 Å². The molecule has 0 unspecified atom stereocenters. The van der Waals surface area contributed by atoms with Crippen LogP contribution in [0.25, 0.3) is 0 Å². The van der Waals surface area contributed by atoms with Gasteiger partial charge in [-0.05, 0) is 55.2 Å². The molecule has 8 nitrogen and oxygen atoms in total. The molecule has 1 saturated carbocycles. The maximum atomic E-state index is 12.7. The van der Waals surface area contributed by atoms with Crippen molar-refractivity contribution >= 4 is 39.2 Å². The van der Waals surface area contributed by atoms with Crippen molar-refractivity contribution in [2.75, 3.05) is 18.1 Å². The SMILES string of the molecule is O=C(NC1CCCCC1)NS(=O)(=O)c1cccc(CCN2CNC(=O)c3cc(Cl)ccc32)c1. The summed E-state index contributed by atoms with van der Waals surface area (Å²) in [6.45, 7) is 0.919. The molecule has 1 aliphatic carbocycles. The first-order valence-corrected chi connectivity index (χ1v) is 12.9. The monoisotopic (exact) mass is 490 g/mol. The first kappa shape index (κ1) is 23.4. The molecule has 2 aliphatic rings. The van der Waals surface area contributed by atoms with Crippen LogP contribution in [0.5, 0.6) is 0 Å². The number of anilines is 1. The number of carbonyl (C=O) groups excluding carboxylic acids is 2. The highest BCUT2D eigenvalue weighted by Gasteiger charge is 2.24. The number of nitrogens with zero attached hydrogens (tertiary/aromatic N) is 1. The van der Waals surface area contributed by atoms with Crippen molar-refractivity contribution in [2.45, 2.75) is 49.5 Å². The minimum absolute atomic E-state index is 0.0167. The number of benzene rings is 2. The summed E-state index contributed by atoms with van der Waals surface area (Å²) in [6, 6.07) is 11.1. The quantitative estimate of drug-likeness (QED) is 0.575. The standard InChI is InChI=1S/C23H27ClN4O4S/c24-17-9-10-21-20(14-17)22(29)25-15-28(21)12-11-16-5-4-8-19(13-16)33(31,32)27-23(30)26-18-6-2-1-3-7-18/h4-5,8-10,13-14,18H,1-3,6-7,11-12,15H2,(H,25,29)(H2,26,27,30). The fourth-order valence-electron chi connectivity index (χ4n) is 4.29. The first-order valence-electron chi connectivity index (χ1n) is 11.1. The Labute approximate surface area is 198 Å². The fraction of sp³-hybridized carbons (Fsp3) is 0.391. The predicted octanol–water partition coefficient (Wildman–Crippen LogP) is 3.41. The Morgan fingerprint density at radius 2 is 1.91 bits per heavy atom. The zero-order chi connectivity index (χ0) is 23.4. The Morgan fingerprint density at radius 1 is 1.12 bits per heavy atom. The highest BCUT2D eigenvalue weighted by atomic mass is 35.5. The summed E-state index contributed by atoms with van der Waals surface area (Å²) in [5.74, 6) is -0.172. The molecule has 33 heavy (non-hydrogen) atoms. The lowest BCUT2D eigenvalue weighted by Gasteiger charge is -2.31. The number of sulfonamides is 1. The summed E-state index contributed by atoms with van der Waals surface area (Å²) in [5, 5.41) is 6.07. The fourth-order valence-corrected chi connectivity index (χ4v) is 5.45. The molecule has 4 rings (SSSR count). The zero-order valence-corrected chi connectivity index (χ0v) is 19.7. The van der Waals surface area contributed by atoms with E-state index in [1.807, 2.05) is 17.0 Å². The van der Waals surface area contributed by atoms with Gasteiger partial charge in [0.25, 0.3) is 15.9 Å². The maximum Gasteiger partial charge on any atom is 0.328 e. The first-order chi connectivity index (χ1) is 15.8. The van der Waals surface area contributed by atoms with Crippen molar-refractivity contribution in [3.05, 3.63) is 58.6 Å². The van der Waals surface area contributed by atoms with Crippen molar-refractivity contribution in [3.63, 3.8) is 0 Å². The summed E-state index contributed by atoms with van der Waals surface area (Å²) in [4.78, 5) is 26.4. The Bertz CT molecular complexity index is 1150. The summed E-state index contributed by atoms with van der Waals surface area (Å²) in [5.41, 5.74) is 2.10. The summed E-state index contributed by atoms with van der Waals surface area (Å²) < 4.78 is 27.6. The highest BCUT2D eigenvalue weighted by molar-refractivity contribution is 7.90. The molecule has 176 valence electrons. The van der Waals surface area contributed by atoms with Gasteiger partial charge in [-0.2, -0.15) is 0 Å². The lowest BCUT2D eigenvalue weighted by molar-refractivity contribution is 0.0947. The van der Waals surface area contributed by atoms with Gasteiger partial charge in [0.2, 0.25) is 0 Å². The number of hydrogen-bond acceptors (Lipinski definition) is 5. The molecule has 0 atom stereocenters. The van der Waals surface area contributed by atoms with Gasteiger partial charge in [-0.1, -0.05) is 43.0 Å². The van der Waals surface area contributed by atoms with Crippen LogP contribution < -0.4 is 20.3 Å². The number of amides is 3. The van der Waals surface area contributed by atoms with Crippen molar-refractivity contribution in [2.24, 2.45) is 0 Å². The largest absolute Gasteiger partial charge is 0.353 e. The Hall–Kier alpha value is -2.78. The smallest absolute Gasteiger partial charge is 0.328 e. The van der Waals surface area contributed by atoms with E-state index in [0.29, 0.717) is 30.2 Å². The average molecular weight is 491 g/mol. The van der Waals surface area contributed by atoms with Gasteiger partial charge in [0, 0.05) is 17.6 Å². The number of urea groups is 1. The van der Waals surface area contributed by atoms with E-state index in [0.717, 1.165) is 43.4 Å². The van der Waals surface area contributed by atoms with Crippen LogP contribution in [-0.4, -0.2) is 39.6 Å². The maximum absolute atomic E-state index is 12.7. The molecule has 0 spiro atoms. The third kappa shape index (κ3) is 5.78. The van der Waals surface area contributed by atoms with Gasteiger partial charge in [-0.25, -0.2) is 17.9 Å². The number of nitrogens with one attached hydrogen (secondary N) is 3. The van der Waals surface area contributed by atoms with Crippen molar-refractivity contribution in [3.8, 4) is 0 Å². The lowest BCUT2D eigenvalue weighted by Crippen LogP contribution is -2.45. The van der Waals surface area contributed by atoms with Crippen LogP contribution in [0, 0.1) is 0 Å². The molecular formula is C23H27ClN4O4S. The van der Waals surface area contributed by atoms with Crippen LogP contribution in [-0.2, 0) is 16.4 Å². The number of carbonyl (C=O) groups is 2. The van der Waals surface area contributed by atoms with Crippen LogP contribution in [0.2, 0.25) is 5.02 Å². The van der Waals surface area contributed by atoms with E-state index in [1.54, 1.807) is 24.3 Å². The number of hydrogen-bond donors (Lipinski definition) is 3. The van der Waals surface area contributed by atoms with Gasteiger partial charge in [0.15, 0.2) is 0 Å². The topological polar surface area (TPSA) is 108 Å².